The van der Waals surface area contributed by atoms with Crippen molar-refractivity contribution in [2.45, 2.75) is 24.6 Å². The fourth-order valence-electron chi connectivity index (χ4n) is 3.14. The van der Waals surface area contributed by atoms with Crippen molar-refractivity contribution in [1.29, 1.82) is 5.41 Å². The minimum absolute atomic E-state index is 0.0879. The minimum atomic E-state index is -4.28. The quantitative estimate of drug-likeness (QED) is 0.185. The number of fused-ring (bicyclic) bond motifs is 1. The molecule has 1 aromatic heterocycles. The van der Waals surface area contributed by atoms with Gasteiger partial charge in [0, 0.05) is 12.0 Å². The van der Waals surface area contributed by atoms with Crippen LogP contribution >= 0.6 is 0 Å². The molecule has 1 unspecified atom stereocenters. The van der Waals surface area contributed by atoms with E-state index in [-0.39, 0.29) is 11.6 Å². The van der Waals surface area contributed by atoms with E-state index < -0.39 is 58.2 Å². The highest BCUT2D eigenvalue weighted by Gasteiger charge is 2.24. The fraction of sp³-hybridized carbons (Fsp3) is 0.182. The summed E-state index contributed by atoms with van der Waals surface area (Å²) in [5.74, 6) is -4.24. The Morgan fingerprint density at radius 1 is 1.03 bits per heavy atom. The number of benzene rings is 2. The maximum atomic E-state index is 12.3. The number of rotatable bonds is 10. The molecule has 0 saturated heterocycles. The maximum Gasteiger partial charge on any atom is 0.371 e. The van der Waals surface area contributed by atoms with Crippen LogP contribution in [-0.2, 0) is 29.6 Å². The Bertz CT molecular complexity index is 1390. The predicted molar refractivity (Wildman–Crippen MR) is 121 cm³/mol. The standard InChI is InChI=1S/C22H21N3O8S/c23-20(17-6-7-18(32-17)22(28)29)16(26)5-8-19(27)33-34(30,31)11-12-1-2-14-10-15(21(24)25)4-3-13(14)9-12/h1-4,6-7,9-10,20H,5,8,11,23H2,(H3,24,25)(H,28,29). The van der Waals surface area contributed by atoms with E-state index in [2.05, 4.69) is 4.18 Å². The Morgan fingerprint density at radius 2 is 1.71 bits per heavy atom. The maximum absolute atomic E-state index is 12.3. The number of nitrogen functional groups attached to an aromatic ring is 1. The first-order valence-electron chi connectivity index (χ1n) is 9.88. The Labute approximate surface area is 193 Å². The van der Waals surface area contributed by atoms with E-state index in [0.29, 0.717) is 16.5 Å². The van der Waals surface area contributed by atoms with Crippen molar-refractivity contribution in [3.63, 3.8) is 0 Å². The number of carboxylic acid groups (broad SMARTS) is 1. The number of amidine groups is 1. The number of carbonyl (C=O) groups excluding carboxylic acids is 2. The van der Waals surface area contributed by atoms with Gasteiger partial charge in [0.25, 0.3) is 0 Å². The number of carbonyl (C=O) groups is 3. The highest BCUT2D eigenvalue weighted by Crippen LogP contribution is 2.21. The van der Waals surface area contributed by atoms with Crippen molar-refractivity contribution in [2.24, 2.45) is 11.5 Å². The molecule has 0 spiro atoms. The molecular weight excluding hydrogens is 466 g/mol. The number of nitrogens with two attached hydrogens (primary N) is 2. The van der Waals surface area contributed by atoms with Gasteiger partial charge < -0.3 is 25.2 Å². The van der Waals surface area contributed by atoms with E-state index in [9.17, 15) is 22.8 Å². The summed E-state index contributed by atoms with van der Waals surface area (Å²) < 4.78 is 34.1. The van der Waals surface area contributed by atoms with Crippen LogP contribution in [0, 0.1) is 5.41 Å². The van der Waals surface area contributed by atoms with Crippen LogP contribution in [0.2, 0.25) is 0 Å². The van der Waals surface area contributed by atoms with Crippen LogP contribution in [0.5, 0.6) is 0 Å². The van der Waals surface area contributed by atoms with Crippen molar-refractivity contribution in [1.82, 2.24) is 0 Å². The van der Waals surface area contributed by atoms with Crippen LogP contribution in [-0.4, -0.2) is 37.1 Å². The molecule has 6 N–H and O–H groups in total. The second-order valence-corrected chi connectivity index (χ2v) is 8.99. The van der Waals surface area contributed by atoms with E-state index in [1.807, 2.05) is 0 Å². The third-order valence-corrected chi connectivity index (χ3v) is 5.97. The molecule has 0 aliphatic rings. The number of aromatic carboxylic acids is 1. The van der Waals surface area contributed by atoms with Gasteiger partial charge in [-0.3, -0.25) is 15.0 Å². The van der Waals surface area contributed by atoms with Gasteiger partial charge in [0.2, 0.25) is 5.76 Å². The molecule has 0 radical (unpaired) electrons. The predicted octanol–water partition coefficient (Wildman–Crippen LogP) is 1.84. The van der Waals surface area contributed by atoms with E-state index in [1.54, 1.807) is 36.4 Å². The van der Waals surface area contributed by atoms with Gasteiger partial charge >= 0.3 is 22.1 Å². The first kappa shape index (κ1) is 24.6. The van der Waals surface area contributed by atoms with Crippen LogP contribution in [0.4, 0.5) is 0 Å². The zero-order valence-corrected chi connectivity index (χ0v) is 18.5. The molecule has 0 bridgehead atoms. The molecule has 1 atom stereocenters. The summed E-state index contributed by atoms with van der Waals surface area (Å²) in [5, 5.41) is 17.8. The van der Waals surface area contributed by atoms with Crippen molar-refractivity contribution < 1.29 is 36.5 Å². The van der Waals surface area contributed by atoms with Crippen LogP contribution in [0.3, 0.4) is 0 Å². The van der Waals surface area contributed by atoms with E-state index in [4.69, 9.17) is 26.4 Å². The summed E-state index contributed by atoms with van der Waals surface area (Å²) in [4.78, 5) is 35.0. The van der Waals surface area contributed by atoms with Gasteiger partial charge in [0.15, 0.2) is 5.78 Å². The summed E-state index contributed by atoms with van der Waals surface area (Å²) in [6.45, 7) is 0. The first-order valence-corrected chi connectivity index (χ1v) is 11.5. The largest absolute Gasteiger partial charge is 0.475 e. The molecule has 11 nitrogen and oxygen atoms in total. The number of hydrogen-bond donors (Lipinski definition) is 4. The van der Waals surface area contributed by atoms with Crippen molar-refractivity contribution in [3.05, 3.63) is 71.2 Å². The van der Waals surface area contributed by atoms with Crippen molar-refractivity contribution in [3.8, 4) is 0 Å². The fourth-order valence-corrected chi connectivity index (χ4v) is 4.16. The summed E-state index contributed by atoms with van der Waals surface area (Å²) in [5.41, 5.74) is 12.1. The number of furan rings is 1. The number of ketones is 1. The van der Waals surface area contributed by atoms with E-state index in [0.717, 1.165) is 11.5 Å². The number of nitrogens with one attached hydrogen (secondary N) is 1. The zero-order valence-electron chi connectivity index (χ0n) is 17.7. The molecule has 3 aromatic rings. The first-order chi connectivity index (χ1) is 15.9. The summed E-state index contributed by atoms with van der Waals surface area (Å²) in [7, 11) is -4.28. The molecule has 2 aromatic carbocycles. The monoisotopic (exact) mass is 487 g/mol. The van der Waals surface area contributed by atoms with Crippen molar-refractivity contribution >= 4 is 44.4 Å². The van der Waals surface area contributed by atoms with Crippen LogP contribution in [0.1, 0.15) is 46.3 Å². The van der Waals surface area contributed by atoms with Crippen LogP contribution in [0.25, 0.3) is 10.8 Å². The third-order valence-electron chi connectivity index (χ3n) is 4.85. The van der Waals surface area contributed by atoms with Gasteiger partial charge in [0.05, 0.1) is 6.42 Å². The third kappa shape index (κ3) is 6.05. The summed E-state index contributed by atoms with van der Waals surface area (Å²) in [6.07, 6.45) is -0.961. The smallest absolute Gasteiger partial charge is 0.371 e. The highest BCUT2D eigenvalue weighted by atomic mass is 32.2. The van der Waals surface area contributed by atoms with Gasteiger partial charge in [-0.1, -0.05) is 30.3 Å². The lowest BCUT2D eigenvalue weighted by Crippen LogP contribution is -2.22. The number of Topliss-reactive ketones (excluding diaryl/α,β-unsaturated/α-hetero) is 1. The molecule has 0 aliphatic heterocycles. The van der Waals surface area contributed by atoms with Gasteiger partial charge in [-0.25, -0.2) is 4.79 Å². The topological polar surface area (TPSA) is 204 Å². The Morgan fingerprint density at radius 3 is 2.35 bits per heavy atom. The molecule has 0 aliphatic carbocycles. The molecule has 12 heteroatoms. The lowest BCUT2D eigenvalue weighted by Gasteiger charge is -2.09. The minimum Gasteiger partial charge on any atom is -0.475 e. The normalized spacial score (nSPS) is 12.3. The average molecular weight is 487 g/mol. The molecule has 34 heavy (non-hydrogen) atoms. The Balaban J connectivity index is 1.57. The summed E-state index contributed by atoms with van der Waals surface area (Å²) in [6, 6.07) is 10.9. The van der Waals surface area contributed by atoms with Crippen molar-refractivity contribution in [2.75, 3.05) is 0 Å². The Hall–Kier alpha value is -4.03. The van der Waals surface area contributed by atoms with E-state index in [1.165, 1.54) is 6.07 Å². The van der Waals surface area contributed by atoms with Gasteiger partial charge in [-0.15, -0.1) is 0 Å². The van der Waals surface area contributed by atoms with E-state index >= 15 is 0 Å². The lowest BCUT2D eigenvalue weighted by atomic mass is 10.0. The molecular formula is C22H21N3O8S. The van der Waals surface area contributed by atoms with Gasteiger partial charge in [-0.05, 0) is 34.5 Å². The number of carboxylic acids is 1. The molecule has 3 rings (SSSR count). The average Bonchev–Trinajstić information content (AvgIpc) is 3.26. The SMILES string of the molecule is N=C(N)c1ccc2cc(CS(=O)(=O)OC(=O)CCC(=O)C(N)c3ccc(C(=O)O)o3)ccc2c1. The molecule has 0 amide bonds. The number of hydrogen-bond acceptors (Lipinski definition) is 9. The molecule has 0 saturated carbocycles. The van der Waals surface area contributed by atoms with Crippen LogP contribution in [0.15, 0.2) is 52.9 Å². The summed E-state index contributed by atoms with van der Waals surface area (Å²) >= 11 is 0. The van der Waals surface area contributed by atoms with Gasteiger partial charge in [0.1, 0.15) is 23.4 Å². The Kier molecular flexibility index (Phi) is 7.13. The molecule has 178 valence electrons. The lowest BCUT2D eigenvalue weighted by molar-refractivity contribution is -0.135. The molecule has 1 heterocycles. The second kappa shape index (κ2) is 9.85. The van der Waals surface area contributed by atoms with Crippen LogP contribution < -0.4 is 11.5 Å². The zero-order chi connectivity index (χ0) is 25.0. The van der Waals surface area contributed by atoms with Gasteiger partial charge in [-0.2, -0.15) is 8.42 Å². The highest BCUT2D eigenvalue weighted by molar-refractivity contribution is 7.86. The second-order valence-electron chi connectivity index (χ2n) is 7.42. The molecule has 0 fully saturated rings.